The van der Waals surface area contributed by atoms with Crippen molar-refractivity contribution in [2.75, 3.05) is 12.3 Å². The largest absolute Gasteiger partial charge is 0.354 e. The van der Waals surface area contributed by atoms with Gasteiger partial charge in [-0.2, -0.15) is 5.26 Å². The van der Waals surface area contributed by atoms with Gasteiger partial charge < -0.3 is 5.32 Å². The summed E-state index contributed by atoms with van der Waals surface area (Å²) in [5.74, 6) is 0.356. The third kappa shape index (κ3) is 4.89. The lowest BCUT2D eigenvalue weighted by Gasteiger charge is -2.15. The Labute approximate surface area is 179 Å². The Balaban J connectivity index is 1.98. The molecular formula is C23H24N4O2S. The van der Waals surface area contributed by atoms with Crippen LogP contribution in [0.1, 0.15) is 38.2 Å². The SMILES string of the molecule is CC[C@H](C)c1ccc(-n2c(SCC(=O)NCCC#N)nc3ccccc3c2=O)cc1. The summed E-state index contributed by atoms with van der Waals surface area (Å²) >= 11 is 1.21. The van der Waals surface area contributed by atoms with Crippen molar-refractivity contribution in [2.45, 2.75) is 37.8 Å². The molecule has 7 heteroatoms. The number of hydrogen-bond donors (Lipinski definition) is 1. The average molecular weight is 421 g/mol. The van der Waals surface area contributed by atoms with Crippen molar-refractivity contribution in [3.63, 3.8) is 0 Å². The summed E-state index contributed by atoms with van der Waals surface area (Å²) in [6, 6.07) is 17.1. The van der Waals surface area contributed by atoms with Gasteiger partial charge in [0.15, 0.2) is 5.16 Å². The average Bonchev–Trinajstić information content (AvgIpc) is 2.77. The third-order valence-corrected chi connectivity index (χ3v) is 5.91. The van der Waals surface area contributed by atoms with Crippen LogP contribution in [0.3, 0.4) is 0 Å². The zero-order valence-electron chi connectivity index (χ0n) is 17.1. The second-order valence-electron chi connectivity index (χ2n) is 7.00. The molecule has 0 saturated carbocycles. The quantitative estimate of drug-likeness (QED) is 0.338. The van der Waals surface area contributed by atoms with Crippen LogP contribution >= 0.6 is 11.8 Å². The van der Waals surface area contributed by atoms with Gasteiger partial charge in [0, 0.05) is 6.54 Å². The lowest BCUT2D eigenvalue weighted by molar-refractivity contribution is -0.118. The Bertz CT molecular complexity index is 1130. The van der Waals surface area contributed by atoms with E-state index in [2.05, 4.69) is 24.1 Å². The fourth-order valence-corrected chi connectivity index (χ4v) is 3.91. The Hall–Kier alpha value is -3.11. The Morgan fingerprint density at radius 2 is 1.97 bits per heavy atom. The molecule has 0 aliphatic rings. The molecule has 6 nitrogen and oxygen atoms in total. The number of benzene rings is 2. The summed E-state index contributed by atoms with van der Waals surface area (Å²) in [6.45, 7) is 4.63. The van der Waals surface area contributed by atoms with Gasteiger partial charge in [-0.05, 0) is 42.2 Å². The molecule has 0 aliphatic carbocycles. The van der Waals surface area contributed by atoms with Crippen LogP contribution < -0.4 is 10.9 Å². The molecule has 0 unspecified atom stereocenters. The highest BCUT2D eigenvalue weighted by Crippen LogP contribution is 2.24. The van der Waals surface area contributed by atoms with Crippen molar-refractivity contribution in [3.8, 4) is 11.8 Å². The summed E-state index contributed by atoms with van der Waals surface area (Å²) in [5.41, 5.74) is 2.37. The maximum Gasteiger partial charge on any atom is 0.266 e. The first kappa shape index (κ1) is 21.6. The number of para-hydroxylation sites is 1. The molecule has 1 atom stereocenters. The minimum absolute atomic E-state index is 0.112. The van der Waals surface area contributed by atoms with Crippen molar-refractivity contribution in [2.24, 2.45) is 0 Å². The Morgan fingerprint density at radius 1 is 1.23 bits per heavy atom. The summed E-state index contributed by atoms with van der Waals surface area (Å²) in [5, 5.41) is 12.3. The summed E-state index contributed by atoms with van der Waals surface area (Å²) in [6.07, 6.45) is 1.30. The van der Waals surface area contributed by atoms with Gasteiger partial charge in [-0.1, -0.05) is 49.9 Å². The molecule has 1 N–H and O–H groups in total. The lowest BCUT2D eigenvalue weighted by Crippen LogP contribution is -2.27. The predicted octanol–water partition coefficient (Wildman–Crippen LogP) is 4.02. The van der Waals surface area contributed by atoms with Crippen molar-refractivity contribution < 1.29 is 4.79 Å². The number of carbonyl (C=O) groups excluding carboxylic acids is 1. The van der Waals surface area contributed by atoms with E-state index in [-0.39, 0.29) is 23.6 Å². The van der Waals surface area contributed by atoms with Crippen LogP contribution in [0.2, 0.25) is 0 Å². The molecule has 3 rings (SSSR count). The Kier molecular flexibility index (Phi) is 7.26. The van der Waals surface area contributed by atoms with Crippen LogP contribution in [-0.4, -0.2) is 27.8 Å². The number of fused-ring (bicyclic) bond motifs is 1. The van der Waals surface area contributed by atoms with Gasteiger partial charge in [-0.3, -0.25) is 14.2 Å². The maximum atomic E-state index is 13.3. The molecular weight excluding hydrogens is 396 g/mol. The van der Waals surface area contributed by atoms with E-state index >= 15 is 0 Å². The lowest BCUT2D eigenvalue weighted by atomic mass is 9.98. The van der Waals surface area contributed by atoms with Crippen molar-refractivity contribution >= 4 is 28.6 Å². The van der Waals surface area contributed by atoms with Gasteiger partial charge in [-0.15, -0.1) is 0 Å². The predicted molar refractivity (Wildman–Crippen MR) is 120 cm³/mol. The van der Waals surface area contributed by atoms with Crippen LogP contribution in [0.4, 0.5) is 0 Å². The fourth-order valence-electron chi connectivity index (χ4n) is 3.06. The molecule has 1 heterocycles. The number of carbonyl (C=O) groups is 1. The normalized spacial score (nSPS) is 11.8. The number of amides is 1. The smallest absolute Gasteiger partial charge is 0.266 e. The monoisotopic (exact) mass is 420 g/mol. The summed E-state index contributed by atoms with van der Waals surface area (Å²) in [4.78, 5) is 30.0. The van der Waals surface area contributed by atoms with E-state index < -0.39 is 0 Å². The molecule has 2 aromatic carbocycles. The van der Waals surface area contributed by atoms with Crippen molar-refractivity contribution in [1.82, 2.24) is 14.9 Å². The van der Waals surface area contributed by atoms with Gasteiger partial charge >= 0.3 is 0 Å². The number of nitriles is 1. The standard InChI is InChI=1S/C23H24N4O2S/c1-3-16(2)17-9-11-18(12-10-17)27-22(29)19-7-4-5-8-20(19)26-23(27)30-15-21(28)25-14-6-13-24/h4-5,7-12,16H,3,6,14-15H2,1-2H3,(H,25,28)/t16-/m0/s1. The number of nitrogens with one attached hydrogen (secondary N) is 1. The summed E-state index contributed by atoms with van der Waals surface area (Å²) < 4.78 is 1.57. The second kappa shape index (κ2) is 10.1. The van der Waals surface area contributed by atoms with Crippen LogP contribution in [-0.2, 0) is 4.79 Å². The van der Waals surface area contributed by atoms with E-state index in [0.717, 1.165) is 12.1 Å². The minimum Gasteiger partial charge on any atom is -0.354 e. The number of hydrogen-bond acceptors (Lipinski definition) is 5. The highest BCUT2D eigenvalue weighted by atomic mass is 32.2. The molecule has 3 aromatic rings. The minimum atomic E-state index is -0.198. The van der Waals surface area contributed by atoms with E-state index in [4.69, 9.17) is 5.26 Å². The van der Waals surface area contributed by atoms with Crippen molar-refractivity contribution in [3.05, 3.63) is 64.4 Å². The number of rotatable bonds is 8. The first-order chi connectivity index (χ1) is 14.5. The fraction of sp³-hybridized carbons (Fsp3) is 0.304. The van der Waals surface area contributed by atoms with Gasteiger partial charge in [-0.25, -0.2) is 4.98 Å². The molecule has 0 spiro atoms. The van der Waals surface area contributed by atoms with Gasteiger partial charge in [0.2, 0.25) is 5.91 Å². The molecule has 0 radical (unpaired) electrons. The molecule has 0 fully saturated rings. The molecule has 1 aromatic heterocycles. The van der Waals surface area contributed by atoms with E-state index in [0.29, 0.717) is 28.5 Å². The van der Waals surface area contributed by atoms with E-state index in [1.54, 1.807) is 16.7 Å². The first-order valence-corrected chi connectivity index (χ1v) is 10.9. The topological polar surface area (TPSA) is 87.8 Å². The van der Waals surface area contributed by atoms with Crippen LogP contribution in [0.15, 0.2) is 58.5 Å². The number of nitrogens with zero attached hydrogens (tertiary/aromatic N) is 3. The maximum absolute atomic E-state index is 13.3. The first-order valence-electron chi connectivity index (χ1n) is 9.93. The van der Waals surface area contributed by atoms with Gasteiger partial charge in [0.05, 0.1) is 34.8 Å². The molecule has 0 saturated heterocycles. The van der Waals surface area contributed by atoms with Crippen LogP contribution in [0, 0.1) is 11.3 Å². The molecule has 30 heavy (non-hydrogen) atoms. The second-order valence-corrected chi connectivity index (χ2v) is 7.94. The van der Waals surface area contributed by atoms with E-state index in [1.807, 2.05) is 42.5 Å². The number of aromatic nitrogens is 2. The zero-order chi connectivity index (χ0) is 21.5. The third-order valence-electron chi connectivity index (χ3n) is 4.97. The highest BCUT2D eigenvalue weighted by molar-refractivity contribution is 7.99. The molecule has 0 aliphatic heterocycles. The summed E-state index contributed by atoms with van der Waals surface area (Å²) in [7, 11) is 0. The highest BCUT2D eigenvalue weighted by Gasteiger charge is 2.15. The van der Waals surface area contributed by atoms with Crippen molar-refractivity contribution in [1.29, 1.82) is 5.26 Å². The van der Waals surface area contributed by atoms with Crippen LogP contribution in [0.5, 0.6) is 0 Å². The van der Waals surface area contributed by atoms with E-state index in [9.17, 15) is 9.59 Å². The number of thioether (sulfide) groups is 1. The van der Waals surface area contributed by atoms with Gasteiger partial charge in [0.25, 0.3) is 5.56 Å². The Morgan fingerprint density at radius 3 is 2.67 bits per heavy atom. The molecule has 0 bridgehead atoms. The van der Waals surface area contributed by atoms with Gasteiger partial charge in [0.1, 0.15) is 0 Å². The van der Waals surface area contributed by atoms with Crippen LogP contribution in [0.25, 0.3) is 16.6 Å². The zero-order valence-corrected chi connectivity index (χ0v) is 17.9. The molecule has 154 valence electrons. The van der Waals surface area contributed by atoms with E-state index in [1.165, 1.54) is 17.3 Å². The molecule has 1 amide bonds.